The van der Waals surface area contributed by atoms with Crippen LogP contribution in [0.2, 0.25) is 10.4 Å². The molecule has 19 heteroatoms. The lowest BCUT2D eigenvalue weighted by Gasteiger charge is -1.91. The molecule has 36 heavy (non-hydrogen) atoms. The van der Waals surface area contributed by atoms with E-state index < -0.39 is 16.8 Å². The Morgan fingerprint density at radius 3 is 2.06 bits per heavy atom. The number of nitrogens with two attached hydrogens (primary N) is 2. The standard InChI is InChI=1S/C6H2Cl2N2S.C6H4N2O2S.C5H6N2OS.Cl3OP/c7-5-4-3(1-2-11-4)9-6(8)10-5;9-5-4-3(1-2-11-4)7-6(10)8-5;6-3-1-2-9-4(3)5(7)8;1-5(2,3)4/h1-2H;1-2H,(H2,7,8,9,10);1-2H,6H2,(H2,7,8);. The zero-order chi connectivity index (χ0) is 27.0. The van der Waals surface area contributed by atoms with Gasteiger partial charge in [-0.25, -0.2) is 14.8 Å². The largest absolute Gasteiger partial charge is 0.397 e. The third kappa shape index (κ3) is 10.0. The minimum atomic E-state index is -3.22. The Morgan fingerprint density at radius 1 is 0.917 bits per heavy atom. The Labute approximate surface area is 237 Å². The molecule has 10 nitrogen and oxygen atoms in total. The Morgan fingerprint density at radius 2 is 1.50 bits per heavy atom. The summed E-state index contributed by atoms with van der Waals surface area (Å²) in [6.45, 7) is 0. The van der Waals surface area contributed by atoms with E-state index in [1.165, 1.54) is 34.0 Å². The Bertz CT molecular complexity index is 1630. The van der Waals surface area contributed by atoms with Gasteiger partial charge in [0.2, 0.25) is 5.28 Å². The van der Waals surface area contributed by atoms with Crippen LogP contribution < -0.4 is 22.7 Å². The first-order valence-corrected chi connectivity index (χ1v) is 16.7. The zero-order valence-corrected chi connectivity index (χ0v) is 24.3. The van der Waals surface area contributed by atoms with Gasteiger partial charge < -0.3 is 16.5 Å². The van der Waals surface area contributed by atoms with Gasteiger partial charge in [0.1, 0.15) is 9.58 Å². The molecule has 0 fully saturated rings. The quantitative estimate of drug-likeness (QED) is 0.0893. The third-order valence-electron chi connectivity index (χ3n) is 3.50. The number of carbonyl (C=O) groups is 1. The molecule has 0 aliphatic heterocycles. The maximum Gasteiger partial charge on any atom is 0.339 e. The number of amides is 1. The van der Waals surface area contributed by atoms with Crippen LogP contribution >= 0.6 is 96.1 Å². The van der Waals surface area contributed by atoms with Crippen LogP contribution in [0, 0.1) is 0 Å². The molecule has 5 aromatic rings. The van der Waals surface area contributed by atoms with Crippen LogP contribution in [0.4, 0.5) is 5.69 Å². The number of nitrogens with zero attached hydrogens (tertiary/aromatic N) is 2. The van der Waals surface area contributed by atoms with Crippen molar-refractivity contribution in [1.29, 1.82) is 0 Å². The summed E-state index contributed by atoms with van der Waals surface area (Å²) < 4.78 is 11.0. The summed E-state index contributed by atoms with van der Waals surface area (Å²) in [5.74, 6) is -0.456. The normalized spacial score (nSPS) is 10.5. The molecule has 0 saturated carbocycles. The molecule has 0 spiro atoms. The molecule has 0 unspecified atom stereocenters. The molecule has 0 aliphatic rings. The van der Waals surface area contributed by atoms with Gasteiger partial charge in [-0.15, -0.1) is 34.0 Å². The summed E-state index contributed by atoms with van der Waals surface area (Å²) in [5, 5.41) is 2.79. The van der Waals surface area contributed by atoms with E-state index in [1.54, 1.807) is 22.9 Å². The van der Waals surface area contributed by atoms with Crippen molar-refractivity contribution in [3.8, 4) is 0 Å². The number of H-pyrrole nitrogens is 2. The van der Waals surface area contributed by atoms with Crippen LogP contribution in [0.25, 0.3) is 20.4 Å². The number of halogens is 5. The van der Waals surface area contributed by atoms with E-state index >= 15 is 0 Å². The van der Waals surface area contributed by atoms with E-state index in [0.717, 1.165) is 10.2 Å². The first kappa shape index (κ1) is 30.6. The SMILES string of the molecule is Clc1nc(Cl)c2sccc2n1.NC(=O)c1sccc1N.O=P(Cl)(Cl)Cl.O=c1[nH]c(=O)c2sccc2[nH]1. The van der Waals surface area contributed by atoms with Crippen molar-refractivity contribution in [2.45, 2.75) is 0 Å². The van der Waals surface area contributed by atoms with Gasteiger partial charge in [-0.2, -0.15) is 0 Å². The minimum absolute atomic E-state index is 0.195. The van der Waals surface area contributed by atoms with Crippen molar-refractivity contribution in [3.05, 3.63) is 70.5 Å². The molecule has 0 aromatic carbocycles. The molecule has 5 aromatic heterocycles. The van der Waals surface area contributed by atoms with Crippen molar-refractivity contribution in [2.24, 2.45) is 5.73 Å². The maximum atomic E-state index is 11.0. The summed E-state index contributed by atoms with van der Waals surface area (Å²) in [4.78, 5) is 45.0. The number of fused-ring (bicyclic) bond motifs is 2. The lowest BCUT2D eigenvalue weighted by atomic mass is 10.4. The summed E-state index contributed by atoms with van der Waals surface area (Å²) in [6.07, 6.45) is 0. The number of aromatic amines is 2. The summed E-state index contributed by atoms with van der Waals surface area (Å²) in [6, 6.07) is 5.22. The number of thiophene rings is 3. The lowest BCUT2D eigenvalue weighted by molar-refractivity contribution is 0.100. The van der Waals surface area contributed by atoms with Gasteiger partial charge in [0.25, 0.3) is 11.5 Å². The highest BCUT2D eigenvalue weighted by atomic mass is 36.0. The predicted octanol–water partition coefficient (Wildman–Crippen LogP) is 6.52. The number of anilines is 1. The molecule has 0 radical (unpaired) electrons. The fourth-order valence-corrected chi connectivity index (χ4v) is 4.87. The van der Waals surface area contributed by atoms with Crippen molar-refractivity contribution in [2.75, 3.05) is 5.73 Å². The number of primary amides is 1. The summed E-state index contributed by atoms with van der Waals surface area (Å²) in [7, 11) is 0. The highest BCUT2D eigenvalue weighted by Crippen LogP contribution is 2.61. The Balaban J connectivity index is 0.000000175. The number of aromatic nitrogens is 4. The molecule has 5 heterocycles. The van der Waals surface area contributed by atoms with E-state index in [2.05, 4.69) is 53.7 Å². The second-order valence-corrected chi connectivity index (χ2v) is 16.0. The average molecular weight is 669 g/mol. The number of hydrogen-bond donors (Lipinski definition) is 4. The van der Waals surface area contributed by atoms with Gasteiger partial charge in [0.05, 0.1) is 21.4 Å². The lowest BCUT2D eigenvalue weighted by Crippen LogP contribution is -2.20. The maximum absolute atomic E-state index is 11.0. The van der Waals surface area contributed by atoms with Crippen molar-refractivity contribution < 1.29 is 9.36 Å². The second kappa shape index (κ2) is 13.8. The van der Waals surface area contributed by atoms with Gasteiger partial charge in [-0.05, 0) is 79.7 Å². The molecule has 6 N–H and O–H groups in total. The van der Waals surface area contributed by atoms with Crippen LogP contribution in [0.15, 0.2) is 43.9 Å². The third-order valence-corrected chi connectivity index (χ3v) is 6.82. The highest BCUT2D eigenvalue weighted by Gasteiger charge is 2.05. The molecule has 0 bridgehead atoms. The van der Waals surface area contributed by atoms with E-state index in [4.69, 9.17) is 34.7 Å². The Kier molecular flexibility index (Phi) is 11.7. The molecule has 5 rings (SSSR count). The molecule has 0 saturated heterocycles. The van der Waals surface area contributed by atoms with E-state index in [9.17, 15) is 18.9 Å². The van der Waals surface area contributed by atoms with Crippen molar-refractivity contribution in [3.63, 3.8) is 0 Å². The average Bonchev–Trinajstić information content (AvgIpc) is 3.48. The van der Waals surface area contributed by atoms with Gasteiger partial charge in [-0.3, -0.25) is 19.1 Å². The van der Waals surface area contributed by atoms with Crippen LogP contribution in [0.3, 0.4) is 0 Å². The zero-order valence-electron chi connectivity index (χ0n) is 17.2. The van der Waals surface area contributed by atoms with Crippen LogP contribution in [0.1, 0.15) is 9.67 Å². The minimum Gasteiger partial charge on any atom is -0.397 e. The predicted molar refractivity (Wildman–Crippen MR) is 153 cm³/mol. The first-order chi connectivity index (χ1) is 16.8. The fourth-order valence-electron chi connectivity index (χ4n) is 2.22. The van der Waals surface area contributed by atoms with Gasteiger partial charge in [0, 0.05) is 0 Å². The monoisotopic (exact) mass is 666 g/mol. The molecular formula is C17H12Cl5N6O4PS3. The van der Waals surface area contributed by atoms with Gasteiger partial charge >= 0.3 is 10.9 Å². The Hall–Kier alpha value is -1.67. The second-order valence-electron chi connectivity index (χ2n) is 5.96. The van der Waals surface area contributed by atoms with Gasteiger partial charge in [0.15, 0.2) is 5.15 Å². The van der Waals surface area contributed by atoms with Crippen LogP contribution in [0.5, 0.6) is 0 Å². The molecule has 192 valence electrons. The van der Waals surface area contributed by atoms with Crippen LogP contribution in [-0.2, 0) is 4.57 Å². The summed E-state index contributed by atoms with van der Waals surface area (Å²) in [5.41, 5.74) is 11.4. The number of nitrogen functional groups attached to an aromatic ring is 1. The molecule has 0 aliphatic carbocycles. The highest BCUT2D eigenvalue weighted by molar-refractivity contribution is 8.24. The van der Waals surface area contributed by atoms with E-state index in [1.807, 2.05) is 11.4 Å². The van der Waals surface area contributed by atoms with Crippen molar-refractivity contribution in [1.82, 2.24) is 19.9 Å². The summed E-state index contributed by atoms with van der Waals surface area (Å²) >= 11 is 29.3. The fraction of sp³-hybridized carbons (Fsp3) is 0. The van der Waals surface area contributed by atoms with E-state index in [-0.39, 0.29) is 10.8 Å². The van der Waals surface area contributed by atoms with E-state index in [0.29, 0.717) is 25.9 Å². The van der Waals surface area contributed by atoms with Crippen molar-refractivity contribution >= 4 is 128 Å². The number of carbonyl (C=O) groups excluding carboxylic acids is 1. The molecule has 0 atom stereocenters. The number of nitrogens with one attached hydrogen (secondary N) is 2. The van der Waals surface area contributed by atoms with Crippen LogP contribution in [-0.4, -0.2) is 25.8 Å². The smallest absolute Gasteiger partial charge is 0.339 e. The number of hydrogen-bond acceptors (Lipinski definition) is 10. The molecular weight excluding hydrogens is 657 g/mol. The number of rotatable bonds is 1. The molecule has 1 amide bonds. The topological polar surface area (TPSA) is 178 Å². The van der Waals surface area contributed by atoms with Gasteiger partial charge in [-0.1, -0.05) is 11.6 Å². The first-order valence-electron chi connectivity index (χ1n) is 8.84.